The molecular weight excluding hydrogens is 325 g/mol. The molecule has 0 aliphatic heterocycles. The number of para-hydroxylation sites is 1. The van der Waals surface area contributed by atoms with Gasteiger partial charge in [0.2, 0.25) is 0 Å². The van der Waals surface area contributed by atoms with Gasteiger partial charge in [0.25, 0.3) is 5.91 Å². The minimum atomic E-state index is -0.669. The number of hydrogen-bond donors (Lipinski definition) is 1. The van der Waals surface area contributed by atoms with Crippen LogP contribution >= 0.6 is 0 Å². The van der Waals surface area contributed by atoms with Gasteiger partial charge in [0, 0.05) is 6.08 Å². The molecule has 2 aromatic rings. The van der Waals surface area contributed by atoms with Crippen LogP contribution < -0.4 is 10.1 Å². The molecule has 0 aliphatic rings. The van der Waals surface area contributed by atoms with Gasteiger partial charge in [0.1, 0.15) is 11.6 Å². The highest BCUT2D eigenvalue weighted by atomic mass is 19.1. The van der Waals surface area contributed by atoms with Gasteiger partial charge in [-0.25, -0.2) is 9.18 Å². The molecule has 0 bridgehead atoms. The van der Waals surface area contributed by atoms with Gasteiger partial charge in [-0.1, -0.05) is 24.3 Å². The number of benzene rings is 2. The van der Waals surface area contributed by atoms with Crippen LogP contribution in [0.15, 0.2) is 54.6 Å². The zero-order chi connectivity index (χ0) is 18.1. The third-order valence-corrected chi connectivity index (χ3v) is 3.10. The standard InChI is InChI=1S/C19H18FNO4/c1-2-24-15-10-7-14(8-11-15)9-12-19(23)25-13-18(22)21-17-6-4-3-5-16(17)20/h3-12H,2,13H2,1H3,(H,21,22)/b12-9+. The topological polar surface area (TPSA) is 64.6 Å². The normalized spacial score (nSPS) is 10.5. The molecule has 5 nitrogen and oxygen atoms in total. The quantitative estimate of drug-likeness (QED) is 0.618. The number of ether oxygens (including phenoxy) is 2. The van der Waals surface area contributed by atoms with Crippen molar-refractivity contribution >= 4 is 23.6 Å². The molecule has 0 radical (unpaired) electrons. The highest BCUT2D eigenvalue weighted by Gasteiger charge is 2.08. The molecule has 1 N–H and O–H groups in total. The molecule has 0 saturated carbocycles. The molecular formula is C19H18FNO4. The lowest BCUT2D eigenvalue weighted by Gasteiger charge is -2.06. The van der Waals surface area contributed by atoms with E-state index >= 15 is 0 Å². The molecule has 6 heteroatoms. The molecule has 130 valence electrons. The minimum absolute atomic E-state index is 0.0356. The van der Waals surface area contributed by atoms with Crippen LogP contribution in [0.25, 0.3) is 6.08 Å². The summed E-state index contributed by atoms with van der Waals surface area (Å²) in [6, 6.07) is 12.9. The fraction of sp³-hybridized carbons (Fsp3) is 0.158. The van der Waals surface area contributed by atoms with Crippen LogP contribution in [-0.4, -0.2) is 25.1 Å². The number of carbonyl (C=O) groups is 2. The summed E-state index contributed by atoms with van der Waals surface area (Å²) in [5.41, 5.74) is 0.824. The van der Waals surface area contributed by atoms with Crippen LogP contribution in [0.3, 0.4) is 0 Å². The Morgan fingerprint density at radius 3 is 2.52 bits per heavy atom. The first kappa shape index (κ1) is 18.2. The summed E-state index contributed by atoms with van der Waals surface area (Å²) in [5, 5.41) is 2.33. The molecule has 0 aromatic heterocycles. The summed E-state index contributed by atoms with van der Waals surface area (Å²) in [6.07, 6.45) is 2.78. The number of rotatable bonds is 7. The second kappa shape index (κ2) is 9.22. The van der Waals surface area contributed by atoms with E-state index in [9.17, 15) is 14.0 Å². The summed E-state index contributed by atoms with van der Waals surface area (Å²) in [4.78, 5) is 23.3. The van der Waals surface area contributed by atoms with Crippen molar-refractivity contribution in [2.75, 3.05) is 18.5 Å². The van der Waals surface area contributed by atoms with Gasteiger partial charge >= 0.3 is 5.97 Å². The van der Waals surface area contributed by atoms with Crippen LogP contribution in [0.5, 0.6) is 5.75 Å². The van der Waals surface area contributed by atoms with Crippen molar-refractivity contribution in [2.24, 2.45) is 0 Å². The Bertz CT molecular complexity index is 756. The fourth-order valence-electron chi connectivity index (χ4n) is 1.94. The van der Waals surface area contributed by atoms with Crippen molar-refractivity contribution in [2.45, 2.75) is 6.92 Å². The van der Waals surface area contributed by atoms with E-state index < -0.39 is 24.3 Å². The number of hydrogen-bond acceptors (Lipinski definition) is 4. The molecule has 0 aliphatic carbocycles. The maximum absolute atomic E-state index is 13.4. The van der Waals surface area contributed by atoms with Crippen molar-refractivity contribution in [3.05, 3.63) is 66.0 Å². The summed E-state index contributed by atoms with van der Waals surface area (Å²) < 4.78 is 23.5. The van der Waals surface area contributed by atoms with E-state index in [2.05, 4.69) is 5.32 Å². The Morgan fingerprint density at radius 1 is 1.12 bits per heavy atom. The lowest BCUT2D eigenvalue weighted by molar-refractivity contribution is -0.142. The first-order valence-corrected chi connectivity index (χ1v) is 7.70. The number of nitrogens with one attached hydrogen (secondary N) is 1. The smallest absolute Gasteiger partial charge is 0.331 e. The van der Waals surface area contributed by atoms with Crippen LogP contribution in [0.2, 0.25) is 0 Å². The van der Waals surface area contributed by atoms with E-state index in [1.54, 1.807) is 36.4 Å². The Morgan fingerprint density at radius 2 is 1.84 bits per heavy atom. The summed E-state index contributed by atoms with van der Waals surface area (Å²) in [7, 11) is 0. The van der Waals surface area contributed by atoms with Crippen molar-refractivity contribution in [3.8, 4) is 5.75 Å². The maximum atomic E-state index is 13.4. The van der Waals surface area contributed by atoms with Crippen LogP contribution in [0.1, 0.15) is 12.5 Å². The molecule has 1 amide bonds. The van der Waals surface area contributed by atoms with Crippen molar-refractivity contribution in [1.82, 2.24) is 0 Å². The predicted molar refractivity (Wildman–Crippen MR) is 92.6 cm³/mol. The average molecular weight is 343 g/mol. The summed E-state index contributed by atoms with van der Waals surface area (Å²) in [6.45, 7) is 1.98. The van der Waals surface area contributed by atoms with E-state index in [0.29, 0.717) is 6.61 Å². The van der Waals surface area contributed by atoms with Gasteiger partial charge in [-0.2, -0.15) is 0 Å². The van der Waals surface area contributed by atoms with Gasteiger partial charge in [0.15, 0.2) is 6.61 Å². The van der Waals surface area contributed by atoms with E-state index in [0.717, 1.165) is 11.3 Å². The third kappa shape index (κ3) is 6.10. The second-order valence-corrected chi connectivity index (χ2v) is 4.97. The lowest BCUT2D eigenvalue weighted by Crippen LogP contribution is -2.20. The lowest BCUT2D eigenvalue weighted by atomic mass is 10.2. The molecule has 2 aromatic carbocycles. The molecule has 0 spiro atoms. The molecule has 0 heterocycles. The highest BCUT2D eigenvalue weighted by molar-refractivity contribution is 5.94. The van der Waals surface area contributed by atoms with E-state index in [1.165, 1.54) is 24.3 Å². The monoisotopic (exact) mass is 343 g/mol. The summed E-state index contributed by atoms with van der Waals surface area (Å²) in [5.74, 6) is -1.10. The Hall–Kier alpha value is -3.15. The minimum Gasteiger partial charge on any atom is -0.494 e. The maximum Gasteiger partial charge on any atom is 0.331 e. The largest absolute Gasteiger partial charge is 0.494 e. The second-order valence-electron chi connectivity index (χ2n) is 4.97. The van der Waals surface area contributed by atoms with Crippen LogP contribution in [0, 0.1) is 5.82 Å². The Balaban J connectivity index is 1.79. The molecule has 25 heavy (non-hydrogen) atoms. The van der Waals surface area contributed by atoms with Crippen LogP contribution in [-0.2, 0) is 14.3 Å². The number of halogens is 1. The van der Waals surface area contributed by atoms with Crippen molar-refractivity contribution < 1.29 is 23.5 Å². The number of esters is 1. The van der Waals surface area contributed by atoms with Crippen LogP contribution in [0.4, 0.5) is 10.1 Å². The van der Waals surface area contributed by atoms with Gasteiger partial charge < -0.3 is 14.8 Å². The molecule has 0 saturated heterocycles. The Kier molecular flexibility index (Phi) is 6.71. The molecule has 0 fully saturated rings. The number of anilines is 1. The number of carbonyl (C=O) groups excluding carboxylic acids is 2. The SMILES string of the molecule is CCOc1ccc(/C=C/C(=O)OCC(=O)Nc2ccccc2F)cc1. The highest BCUT2D eigenvalue weighted by Crippen LogP contribution is 2.13. The molecule has 0 atom stereocenters. The first-order chi connectivity index (χ1) is 12.1. The Labute approximate surface area is 145 Å². The van der Waals surface area contributed by atoms with Crippen molar-refractivity contribution in [1.29, 1.82) is 0 Å². The molecule has 0 unspecified atom stereocenters. The molecule has 2 rings (SSSR count). The zero-order valence-corrected chi connectivity index (χ0v) is 13.7. The van der Waals surface area contributed by atoms with Crippen molar-refractivity contribution in [3.63, 3.8) is 0 Å². The third-order valence-electron chi connectivity index (χ3n) is 3.10. The predicted octanol–water partition coefficient (Wildman–Crippen LogP) is 3.42. The van der Waals surface area contributed by atoms with E-state index in [1.807, 2.05) is 6.92 Å². The first-order valence-electron chi connectivity index (χ1n) is 7.70. The zero-order valence-electron chi connectivity index (χ0n) is 13.7. The van der Waals surface area contributed by atoms with E-state index in [-0.39, 0.29) is 5.69 Å². The van der Waals surface area contributed by atoms with Gasteiger partial charge in [-0.05, 0) is 42.8 Å². The average Bonchev–Trinajstić information content (AvgIpc) is 2.61. The van der Waals surface area contributed by atoms with E-state index in [4.69, 9.17) is 9.47 Å². The fourth-order valence-corrected chi connectivity index (χ4v) is 1.94. The van der Waals surface area contributed by atoms with Gasteiger partial charge in [-0.15, -0.1) is 0 Å². The van der Waals surface area contributed by atoms with Gasteiger partial charge in [0.05, 0.1) is 12.3 Å². The summed E-state index contributed by atoms with van der Waals surface area (Å²) >= 11 is 0. The van der Waals surface area contributed by atoms with Gasteiger partial charge in [-0.3, -0.25) is 4.79 Å². The number of amides is 1.